The van der Waals surface area contributed by atoms with E-state index in [9.17, 15) is 14.4 Å². The predicted molar refractivity (Wildman–Crippen MR) is 114 cm³/mol. The molecule has 1 aliphatic rings. The first kappa shape index (κ1) is 20.3. The Balaban J connectivity index is 1.91. The number of carbonyl (C=O) groups is 3. The van der Waals surface area contributed by atoms with Crippen LogP contribution in [0.2, 0.25) is 0 Å². The zero-order valence-electron chi connectivity index (χ0n) is 16.1. The summed E-state index contributed by atoms with van der Waals surface area (Å²) < 4.78 is 4.75. The van der Waals surface area contributed by atoms with Crippen molar-refractivity contribution in [1.82, 2.24) is 5.32 Å². The number of nitrogens with one attached hydrogen (secondary N) is 1. The zero-order chi connectivity index (χ0) is 21.1. The normalized spacial score (nSPS) is 16.9. The lowest BCUT2D eigenvalue weighted by molar-refractivity contribution is -0.130. The summed E-state index contributed by atoms with van der Waals surface area (Å²) in [6.45, 7) is 3.65. The van der Waals surface area contributed by atoms with Crippen molar-refractivity contribution < 1.29 is 19.1 Å². The summed E-state index contributed by atoms with van der Waals surface area (Å²) in [4.78, 5) is 42.7. The molecule has 0 aromatic heterocycles. The van der Waals surface area contributed by atoms with Crippen molar-refractivity contribution in [2.75, 3.05) is 12.0 Å². The van der Waals surface area contributed by atoms with Gasteiger partial charge in [-0.15, -0.1) is 0 Å². The van der Waals surface area contributed by atoms with Crippen molar-refractivity contribution in [3.8, 4) is 0 Å². The highest BCUT2D eigenvalue weighted by molar-refractivity contribution is 7.80. The van der Waals surface area contributed by atoms with Gasteiger partial charge < -0.3 is 10.1 Å². The molecule has 0 radical (unpaired) electrons. The second kappa shape index (κ2) is 8.32. The maximum atomic E-state index is 13.0. The average Bonchev–Trinajstić information content (AvgIpc) is 2.69. The van der Waals surface area contributed by atoms with Crippen molar-refractivity contribution in [1.29, 1.82) is 0 Å². The lowest BCUT2D eigenvalue weighted by Crippen LogP contribution is -2.58. The molecule has 0 bridgehead atoms. The van der Waals surface area contributed by atoms with Gasteiger partial charge in [0.25, 0.3) is 5.91 Å². The topological polar surface area (TPSA) is 88.1 Å². The molecule has 0 unspecified atom stereocenters. The van der Waals surface area contributed by atoms with Crippen molar-refractivity contribution in [2.45, 2.75) is 13.8 Å². The third-order valence-electron chi connectivity index (χ3n) is 4.57. The number of carbonyl (C=O) groups excluding carboxylic acids is 3. The summed E-state index contributed by atoms with van der Waals surface area (Å²) in [6, 6.07) is 12.2. The molecule has 1 saturated heterocycles. The first-order valence-electron chi connectivity index (χ1n) is 8.81. The smallest absolute Gasteiger partial charge is 0.338 e. The van der Waals surface area contributed by atoms with Gasteiger partial charge in [0, 0.05) is 6.21 Å². The molecule has 0 aliphatic carbocycles. The van der Waals surface area contributed by atoms with E-state index in [4.69, 9.17) is 17.0 Å². The van der Waals surface area contributed by atoms with E-state index in [1.165, 1.54) is 18.2 Å². The summed E-state index contributed by atoms with van der Waals surface area (Å²) in [5, 5.41) is 2.57. The molecule has 2 aromatic carbocycles. The van der Waals surface area contributed by atoms with Crippen LogP contribution in [0.15, 0.2) is 47.5 Å². The Bertz CT molecular complexity index is 1030. The monoisotopic (exact) mass is 409 g/mol. The minimum absolute atomic E-state index is 0.0253. The summed E-state index contributed by atoms with van der Waals surface area (Å²) in [5.74, 6) is -2.67. The molecule has 1 N–H and O–H groups in total. The number of thiocarbonyl (C=S) groups is 1. The van der Waals surface area contributed by atoms with Gasteiger partial charge in [0.15, 0.2) is 11.0 Å². The van der Waals surface area contributed by atoms with Crippen LogP contribution in [0.25, 0.3) is 0 Å². The molecule has 1 aliphatic heterocycles. The van der Waals surface area contributed by atoms with Gasteiger partial charge in [0.05, 0.1) is 24.0 Å². The molecule has 1 heterocycles. The number of anilines is 1. The first-order valence-corrected chi connectivity index (χ1v) is 9.22. The number of amides is 2. The van der Waals surface area contributed by atoms with Crippen LogP contribution in [0.1, 0.15) is 21.5 Å². The van der Waals surface area contributed by atoms with Gasteiger partial charge >= 0.3 is 5.97 Å². The number of aryl methyl sites for hydroxylation is 1. The Morgan fingerprint density at radius 2 is 1.86 bits per heavy atom. The molecule has 1 atom stereocenters. The fourth-order valence-electron chi connectivity index (χ4n) is 2.91. The number of nitrogens with zero attached hydrogens (tertiary/aromatic N) is 2. The number of aliphatic imine (C=N–C) groups is 1. The largest absolute Gasteiger partial charge is 0.465 e. The molecule has 8 heteroatoms. The number of esters is 1. The van der Waals surface area contributed by atoms with Gasteiger partial charge in [-0.3, -0.25) is 19.5 Å². The molecule has 29 heavy (non-hydrogen) atoms. The summed E-state index contributed by atoms with van der Waals surface area (Å²) in [5.41, 5.74) is 3.01. The second-order valence-electron chi connectivity index (χ2n) is 6.50. The molecular weight excluding hydrogens is 390 g/mol. The van der Waals surface area contributed by atoms with Crippen LogP contribution in [0.5, 0.6) is 0 Å². The minimum atomic E-state index is -1.15. The Labute approximate surface area is 173 Å². The SMILES string of the molecule is COC(=O)c1cccc(N=C[C@H]2C(=O)NC(=S)N(c3ccc(C)cc3)C2=O)c1C. The van der Waals surface area contributed by atoms with Gasteiger partial charge in [-0.1, -0.05) is 23.8 Å². The lowest BCUT2D eigenvalue weighted by atomic mass is 10.0. The second-order valence-corrected chi connectivity index (χ2v) is 6.89. The highest BCUT2D eigenvalue weighted by atomic mass is 32.1. The van der Waals surface area contributed by atoms with Gasteiger partial charge in [0.2, 0.25) is 5.91 Å². The van der Waals surface area contributed by atoms with E-state index in [2.05, 4.69) is 10.3 Å². The molecule has 7 nitrogen and oxygen atoms in total. The first-order chi connectivity index (χ1) is 13.8. The Hall–Kier alpha value is -3.39. The van der Waals surface area contributed by atoms with Crippen LogP contribution in [-0.4, -0.2) is 36.2 Å². The highest BCUT2D eigenvalue weighted by Gasteiger charge is 2.38. The van der Waals surface area contributed by atoms with Crippen molar-refractivity contribution in [3.63, 3.8) is 0 Å². The molecule has 0 saturated carbocycles. The molecular formula is C21H19N3O4S. The van der Waals surface area contributed by atoms with E-state index >= 15 is 0 Å². The van der Waals surface area contributed by atoms with Crippen LogP contribution in [0.4, 0.5) is 11.4 Å². The van der Waals surface area contributed by atoms with E-state index in [0.29, 0.717) is 22.5 Å². The van der Waals surface area contributed by atoms with E-state index < -0.39 is 23.7 Å². The number of hydrogen-bond donors (Lipinski definition) is 1. The van der Waals surface area contributed by atoms with Gasteiger partial charge in [0.1, 0.15) is 0 Å². The van der Waals surface area contributed by atoms with E-state index in [-0.39, 0.29) is 5.11 Å². The third kappa shape index (κ3) is 4.07. The van der Waals surface area contributed by atoms with Gasteiger partial charge in [-0.05, 0) is 55.9 Å². The van der Waals surface area contributed by atoms with Crippen molar-refractivity contribution >= 4 is 52.7 Å². The number of hydrogen-bond acceptors (Lipinski definition) is 6. The zero-order valence-corrected chi connectivity index (χ0v) is 16.9. The van der Waals surface area contributed by atoms with Crippen LogP contribution in [0.3, 0.4) is 0 Å². The van der Waals surface area contributed by atoms with E-state index in [1.807, 2.05) is 19.1 Å². The average molecular weight is 409 g/mol. The van der Waals surface area contributed by atoms with Crippen LogP contribution >= 0.6 is 12.2 Å². The van der Waals surface area contributed by atoms with Gasteiger partial charge in [-0.2, -0.15) is 0 Å². The summed E-state index contributed by atoms with van der Waals surface area (Å²) >= 11 is 5.18. The van der Waals surface area contributed by atoms with Crippen LogP contribution in [0, 0.1) is 19.8 Å². The van der Waals surface area contributed by atoms with Crippen molar-refractivity contribution in [3.05, 3.63) is 59.2 Å². The standard InChI is InChI=1S/C21H19N3O4S/c1-12-7-9-14(10-8-12)24-19(26)16(18(25)23-21(24)29)11-22-17-6-4-5-15(13(17)2)20(27)28-3/h4-11,16H,1-3H3,(H,23,25,29)/t16-/m0/s1. The number of methoxy groups -OCH3 is 1. The molecule has 0 spiro atoms. The summed E-state index contributed by atoms with van der Waals surface area (Å²) in [7, 11) is 1.30. The molecule has 1 fully saturated rings. The Morgan fingerprint density at radius 1 is 1.17 bits per heavy atom. The molecule has 148 valence electrons. The minimum Gasteiger partial charge on any atom is -0.465 e. The number of ether oxygens (including phenoxy) is 1. The fourth-order valence-corrected chi connectivity index (χ4v) is 3.21. The third-order valence-corrected chi connectivity index (χ3v) is 4.85. The number of benzene rings is 2. The van der Waals surface area contributed by atoms with Crippen LogP contribution in [-0.2, 0) is 14.3 Å². The quantitative estimate of drug-likeness (QED) is 0.363. The molecule has 2 aromatic rings. The Morgan fingerprint density at radius 3 is 2.52 bits per heavy atom. The number of rotatable bonds is 4. The molecule has 3 rings (SSSR count). The highest BCUT2D eigenvalue weighted by Crippen LogP contribution is 2.24. The predicted octanol–water partition coefficient (Wildman–Crippen LogP) is 2.86. The van der Waals surface area contributed by atoms with Gasteiger partial charge in [-0.25, -0.2) is 4.79 Å². The van der Waals surface area contributed by atoms with E-state index in [1.54, 1.807) is 37.3 Å². The maximum absolute atomic E-state index is 13.0. The lowest BCUT2D eigenvalue weighted by Gasteiger charge is -2.31. The Kier molecular flexibility index (Phi) is 5.84. The van der Waals surface area contributed by atoms with Crippen LogP contribution < -0.4 is 10.2 Å². The summed E-state index contributed by atoms with van der Waals surface area (Å²) in [6.07, 6.45) is 1.27. The van der Waals surface area contributed by atoms with E-state index in [0.717, 1.165) is 5.56 Å². The van der Waals surface area contributed by atoms with Crippen molar-refractivity contribution in [2.24, 2.45) is 10.9 Å². The molecule has 2 amide bonds. The fraction of sp³-hybridized carbons (Fsp3) is 0.190. The maximum Gasteiger partial charge on any atom is 0.338 e.